The van der Waals surface area contributed by atoms with E-state index in [1.807, 2.05) is 0 Å². The monoisotopic (exact) mass is 630 g/mol. The third-order valence-corrected chi connectivity index (χ3v) is 12.0. The molecule has 49 heavy (non-hydrogen) atoms. The maximum atomic E-state index is 2.39. The van der Waals surface area contributed by atoms with Crippen molar-refractivity contribution in [1.82, 2.24) is 0 Å². The van der Waals surface area contributed by atoms with Crippen LogP contribution in [0.2, 0.25) is 0 Å². The predicted octanol–water partition coefficient (Wildman–Crippen LogP) is 11.7. The molecule has 0 atom stereocenters. The quantitative estimate of drug-likeness (QED) is 0.179. The molecule has 0 spiro atoms. The maximum absolute atomic E-state index is 2.39. The van der Waals surface area contributed by atoms with Crippen LogP contribution in [-0.2, 0) is 16.2 Å². The Labute approximate surface area is 292 Å². The first kappa shape index (κ1) is 30.1. The van der Waals surface area contributed by atoms with Gasteiger partial charge >= 0.3 is 0 Å². The molecule has 3 aliphatic carbocycles. The molecule has 0 aliphatic heterocycles. The Bertz CT molecular complexity index is 2060. The third kappa shape index (κ3) is 4.10. The van der Waals surface area contributed by atoms with E-state index in [2.05, 4.69) is 187 Å². The average molecular weight is 631 g/mol. The van der Waals surface area contributed by atoms with Crippen molar-refractivity contribution in [2.24, 2.45) is 0 Å². The molecule has 0 saturated heterocycles. The minimum absolute atomic E-state index is 0.147. The highest BCUT2D eigenvalue weighted by molar-refractivity contribution is 5.97. The van der Waals surface area contributed by atoms with Crippen molar-refractivity contribution in [3.05, 3.63) is 230 Å². The summed E-state index contributed by atoms with van der Waals surface area (Å²) in [7, 11) is 0. The fraction of sp³-hybridized carbons (Fsp3) is 0.184. The molecule has 0 N–H and O–H groups in total. The second-order valence-corrected chi connectivity index (χ2v) is 15.6. The molecule has 9 rings (SSSR count). The second-order valence-electron chi connectivity index (χ2n) is 15.6. The molecule has 0 saturated carbocycles. The Kier molecular flexibility index (Phi) is 6.48. The molecule has 6 aromatic carbocycles. The van der Waals surface area contributed by atoms with Crippen LogP contribution in [0, 0.1) is 11.8 Å². The molecule has 0 heterocycles. The van der Waals surface area contributed by atoms with E-state index >= 15 is 0 Å². The van der Waals surface area contributed by atoms with E-state index < -0.39 is 0 Å². The molecule has 0 heteroatoms. The van der Waals surface area contributed by atoms with Crippen LogP contribution in [0.15, 0.2) is 151 Å². The Hall–Kier alpha value is -4.94. The summed E-state index contributed by atoms with van der Waals surface area (Å²) in [6.45, 7) is 14.4. The van der Waals surface area contributed by atoms with E-state index in [0.717, 1.165) is 0 Å². The number of hydrogen-bond acceptors (Lipinski definition) is 0. The molecule has 2 radical (unpaired) electrons. The summed E-state index contributed by atoms with van der Waals surface area (Å²) in [6, 6.07) is 55.1. The minimum atomic E-state index is -0.147. The zero-order chi connectivity index (χ0) is 33.7. The smallest absolute Gasteiger partial charge is 0.0614 e. The molecule has 0 amide bonds. The summed E-state index contributed by atoms with van der Waals surface area (Å²) in [5.41, 5.74) is 18.4. The minimum Gasteiger partial charge on any atom is -0.0619 e. The van der Waals surface area contributed by atoms with Gasteiger partial charge in [0, 0.05) is 16.2 Å². The fourth-order valence-electron chi connectivity index (χ4n) is 9.53. The van der Waals surface area contributed by atoms with Crippen molar-refractivity contribution in [1.29, 1.82) is 0 Å². The number of rotatable bonds is 2. The molecule has 238 valence electrons. The van der Waals surface area contributed by atoms with Crippen LogP contribution in [0.1, 0.15) is 108 Å². The highest BCUT2D eigenvalue weighted by Gasteiger charge is 2.48. The maximum Gasteiger partial charge on any atom is 0.0614 e. The van der Waals surface area contributed by atoms with E-state index in [4.69, 9.17) is 0 Å². The van der Waals surface area contributed by atoms with Gasteiger partial charge in [0.25, 0.3) is 0 Å². The van der Waals surface area contributed by atoms with Gasteiger partial charge in [-0.3, -0.25) is 0 Å². The van der Waals surface area contributed by atoms with Crippen LogP contribution < -0.4 is 0 Å². The Morgan fingerprint density at radius 3 is 0.755 bits per heavy atom. The molecular formula is C49H42. The summed E-state index contributed by atoms with van der Waals surface area (Å²) in [4.78, 5) is 0. The van der Waals surface area contributed by atoms with Gasteiger partial charge in [-0.2, -0.15) is 0 Å². The summed E-state index contributed by atoms with van der Waals surface area (Å²) in [5.74, 6) is 2.65. The largest absolute Gasteiger partial charge is 0.0619 e. The zero-order valence-electron chi connectivity index (χ0n) is 29.4. The van der Waals surface area contributed by atoms with Gasteiger partial charge in [-0.1, -0.05) is 187 Å². The molecule has 6 aromatic rings. The van der Waals surface area contributed by atoms with Crippen molar-refractivity contribution in [3.63, 3.8) is 0 Å². The lowest BCUT2D eigenvalue weighted by atomic mass is 9.56. The summed E-state index contributed by atoms with van der Waals surface area (Å²) in [6.07, 6.45) is 0. The van der Waals surface area contributed by atoms with Gasteiger partial charge in [-0.25, -0.2) is 0 Å². The Balaban J connectivity index is 1.52. The summed E-state index contributed by atoms with van der Waals surface area (Å²) < 4.78 is 0. The molecule has 0 fully saturated rings. The lowest BCUT2D eigenvalue weighted by molar-refractivity contribution is 0.610. The van der Waals surface area contributed by atoms with Gasteiger partial charge in [-0.15, -0.1) is 0 Å². The average Bonchev–Trinajstić information content (AvgIpc) is 3.12. The fourth-order valence-corrected chi connectivity index (χ4v) is 9.53. The van der Waals surface area contributed by atoms with Crippen molar-refractivity contribution in [3.8, 4) is 0 Å². The Morgan fingerprint density at radius 1 is 0.286 bits per heavy atom. The van der Waals surface area contributed by atoms with Crippen LogP contribution in [0.3, 0.4) is 0 Å². The van der Waals surface area contributed by atoms with Crippen molar-refractivity contribution in [2.75, 3.05) is 0 Å². The number of hydrogen-bond donors (Lipinski definition) is 0. The number of allylic oxidation sites excluding steroid dienone is 1. The SMILES string of the molecule is CC1(C)c2ccccc2[C](C([C]2c3ccccc3C(C)(C)c3ccccc32)=C2c3ccccc3C(C)(C)c3ccccc32)c2ccccc21. The molecule has 0 aromatic heterocycles. The van der Waals surface area contributed by atoms with Crippen molar-refractivity contribution < 1.29 is 0 Å². The van der Waals surface area contributed by atoms with Crippen LogP contribution in [0.25, 0.3) is 5.57 Å². The van der Waals surface area contributed by atoms with E-state index in [9.17, 15) is 0 Å². The van der Waals surface area contributed by atoms with Gasteiger partial charge in [0.1, 0.15) is 0 Å². The van der Waals surface area contributed by atoms with Gasteiger partial charge in [0.2, 0.25) is 0 Å². The topological polar surface area (TPSA) is 0 Å². The normalized spacial score (nSPS) is 17.9. The zero-order valence-corrected chi connectivity index (χ0v) is 29.4. The molecule has 3 aliphatic rings. The molecule has 0 nitrogen and oxygen atoms in total. The highest BCUT2D eigenvalue weighted by atomic mass is 14.5. The van der Waals surface area contributed by atoms with Gasteiger partial charge in [0.05, 0.1) is 11.8 Å². The predicted molar refractivity (Wildman–Crippen MR) is 204 cm³/mol. The second kappa shape index (κ2) is 10.5. The van der Waals surface area contributed by atoms with Gasteiger partial charge in [0.15, 0.2) is 0 Å². The summed E-state index contributed by atoms with van der Waals surface area (Å²) in [5, 5.41) is 0. The van der Waals surface area contributed by atoms with Crippen LogP contribution >= 0.6 is 0 Å². The van der Waals surface area contributed by atoms with E-state index in [1.165, 1.54) is 89.7 Å². The van der Waals surface area contributed by atoms with E-state index in [0.29, 0.717) is 0 Å². The molecular weight excluding hydrogens is 589 g/mol. The first-order valence-electron chi connectivity index (χ1n) is 17.7. The molecule has 0 bridgehead atoms. The summed E-state index contributed by atoms with van der Waals surface area (Å²) >= 11 is 0. The van der Waals surface area contributed by atoms with Crippen LogP contribution in [0.4, 0.5) is 0 Å². The lowest BCUT2D eigenvalue weighted by Crippen LogP contribution is -2.36. The Morgan fingerprint density at radius 2 is 0.490 bits per heavy atom. The standard InChI is InChI=1S/C49H42/c1-47(2)37-25-13-7-19-31(37)43(32-20-8-14-26-38(32)47)46(44-33-21-9-15-27-39(33)48(3,4)40-28-16-10-22-34(40)44)45-35-23-11-17-29-41(35)49(5,6)42-30-18-12-24-36(42)45/h7-30H,1-6H3. The molecule has 0 unspecified atom stereocenters. The first-order valence-corrected chi connectivity index (χ1v) is 17.7. The van der Waals surface area contributed by atoms with Crippen LogP contribution in [0.5, 0.6) is 0 Å². The van der Waals surface area contributed by atoms with E-state index in [1.54, 1.807) is 0 Å². The van der Waals surface area contributed by atoms with E-state index in [-0.39, 0.29) is 16.2 Å². The van der Waals surface area contributed by atoms with Crippen molar-refractivity contribution in [2.45, 2.75) is 57.8 Å². The highest BCUT2D eigenvalue weighted by Crippen LogP contribution is 2.59. The number of fused-ring (bicyclic) bond motifs is 6. The lowest BCUT2D eigenvalue weighted by Gasteiger charge is -2.46. The van der Waals surface area contributed by atoms with Crippen LogP contribution in [-0.4, -0.2) is 0 Å². The van der Waals surface area contributed by atoms with Gasteiger partial charge < -0.3 is 0 Å². The van der Waals surface area contributed by atoms with Crippen molar-refractivity contribution >= 4 is 5.57 Å². The number of benzene rings is 6. The first-order chi connectivity index (χ1) is 23.6. The van der Waals surface area contributed by atoms with Gasteiger partial charge in [-0.05, 0) is 77.9 Å². The third-order valence-electron chi connectivity index (χ3n) is 12.0.